The Hall–Kier alpha value is -1.69. The van der Waals surface area contributed by atoms with Crippen molar-refractivity contribution >= 4 is 5.91 Å². The Labute approximate surface area is 117 Å². The number of rotatable bonds is 1. The number of aromatic nitrogens is 2. The first kappa shape index (κ1) is 13.3. The predicted octanol–water partition coefficient (Wildman–Crippen LogP) is 0.326. The van der Waals surface area contributed by atoms with Crippen molar-refractivity contribution < 1.29 is 4.79 Å². The Morgan fingerprint density at radius 1 is 1.30 bits per heavy atom. The molecule has 2 bridgehead atoms. The number of carbonyl (C=O) groups is 1. The lowest BCUT2D eigenvalue weighted by atomic mass is 9.99. The van der Waals surface area contributed by atoms with E-state index in [2.05, 4.69) is 21.9 Å². The van der Waals surface area contributed by atoms with Gasteiger partial charge >= 0.3 is 0 Å². The van der Waals surface area contributed by atoms with Crippen LogP contribution in [-0.2, 0) is 0 Å². The smallest absolute Gasteiger partial charge is 0.272 e. The van der Waals surface area contributed by atoms with E-state index in [1.807, 2.05) is 4.90 Å². The minimum absolute atomic E-state index is 0.109. The topological polar surface area (TPSA) is 69.3 Å². The molecule has 0 radical (unpaired) electrons. The molecule has 2 fully saturated rings. The zero-order chi connectivity index (χ0) is 14.1. The van der Waals surface area contributed by atoms with Crippen molar-refractivity contribution in [3.8, 4) is 0 Å². The van der Waals surface area contributed by atoms with E-state index in [0.717, 1.165) is 26.1 Å². The molecule has 108 valence electrons. The molecule has 2 aliphatic rings. The number of carbonyl (C=O) groups excluding carboxylic acids is 1. The number of likely N-dealkylation sites (tertiary alicyclic amines) is 1. The number of hydrogen-bond donors (Lipinski definition) is 1. The molecule has 0 unspecified atom stereocenters. The molecule has 1 aromatic heterocycles. The fraction of sp³-hybridized carbons (Fsp3) is 0.643. The Morgan fingerprint density at radius 2 is 2.15 bits per heavy atom. The highest BCUT2D eigenvalue weighted by Gasteiger charge is 2.33. The van der Waals surface area contributed by atoms with Crippen LogP contribution in [0.1, 0.15) is 29.8 Å². The van der Waals surface area contributed by atoms with E-state index in [1.165, 1.54) is 25.2 Å². The number of nitrogens with zero attached hydrogens (tertiary/aromatic N) is 3. The van der Waals surface area contributed by atoms with Crippen LogP contribution in [0.3, 0.4) is 0 Å². The molecule has 2 saturated heterocycles. The molecule has 3 heterocycles. The van der Waals surface area contributed by atoms with Crippen molar-refractivity contribution in [2.45, 2.75) is 25.3 Å². The quantitative estimate of drug-likeness (QED) is 0.802. The van der Waals surface area contributed by atoms with Crippen LogP contribution in [0, 0.1) is 5.92 Å². The van der Waals surface area contributed by atoms with Gasteiger partial charge in [-0.05, 0) is 25.8 Å². The molecule has 0 aromatic carbocycles. The highest BCUT2D eigenvalue weighted by atomic mass is 16.2. The summed E-state index contributed by atoms with van der Waals surface area (Å²) in [5.41, 5.74) is -0.0388. The molecule has 1 amide bonds. The maximum atomic E-state index is 12.5. The third-order valence-corrected chi connectivity index (χ3v) is 4.40. The van der Waals surface area contributed by atoms with Gasteiger partial charge in [0, 0.05) is 25.7 Å². The molecule has 0 spiro atoms. The van der Waals surface area contributed by atoms with Crippen molar-refractivity contribution in [3.63, 3.8) is 0 Å². The maximum absolute atomic E-state index is 12.5. The second-order valence-electron chi connectivity index (χ2n) is 5.91. The number of likely N-dealkylation sites (N-methyl/N-ethyl adjacent to an activating group) is 1. The Morgan fingerprint density at radius 3 is 2.95 bits per heavy atom. The van der Waals surface area contributed by atoms with Gasteiger partial charge in [-0.15, -0.1) is 0 Å². The summed E-state index contributed by atoms with van der Waals surface area (Å²) in [5.74, 6) is 0.419. The second-order valence-corrected chi connectivity index (χ2v) is 5.91. The van der Waals surface area contributed by atoms with Crippen molar-refractivity contribution in [2.75, 3.05) is 26.7 Å². The number of amides is 1. The highest BCUT2D eigenvalue weighted by molar-refractivity contribution is 5.92. The molecule has 3 rings (SSSR count). The number of hydrogen-bond acceptors (Lipinski definition) is 4. The van der Waals surface area contributed by atoms with Gasteiger partial charge in [0.15, 0.2) is 0 Å². The standard InChI is InChI=1S/C14H20N4O2/c1-17-7-10-3-2-4-11(17)9-18(8-10)14(20)12-5-15-6-13(19)16-12/h5-6,10-11H,2-4,7-9H2,1H3,(H,16,19)/t10-,11-/m0/s1. The van der Waals surface area contributed by atoms with Crippen LogP contribution in [0.25, 0.3) is 0 Å². The van der Waals surface area contributed by atoms with Crippen molar-refractivity contribution in [1.29, 1.82) is 0 Å². The average molecular weight is 276 g/mol. The monoisotopic (exact) mass is 276 g/mol. The lowest BCUT2D eigenvalue weighted by Gasteiger charge is -2.29. The zero-order valence-corrected chi connectivity index (χ0v) is 11.7. The Bertz CT molecular complexity index is 556. The minimum atomic E-state index is -0.331. The summed E-state index contributed by atoms with van der Waals surface area (Å²) in [6, 6.07) is 0.426. The van der Waals surface area contributed by atoms with Crippen LogP contribution in [0.4, 0.5) is 0 Å². The van der Waals surface area contributed by atoms with Crippen LogP contribution >= 0.6 is 0 Å². The first-order valence-electron chi connectivity index (χ1n) is 7.17. The third-order valence-electron chi connectivity index (χ3n) is 4.40. The summed E-state index contributed by atoms with van der Waals surface area (Å²) < 4.78 is 0. The van der Waals surface area contributed by atoms with Crippen LogP contribution in [-0.4, -0.2) is 58.4 Å². The van der Waals surface area contributed by atoms with E-state index in [1.54, 1.807) is 0 Å². The van der Waals surface area contributed by atoms with Gasteiger partial charge in [-0.2, -0.15) is 0 Å². The van der Waals surface area contributed by atoms with Crippen LogP contribution in [0.5, 0.6) is 0 Å². The van der Waals surface area contributed by atoms with E-state index in [4.69, 9.17) is 0 Å². The van der Waals surface area contributed by atoms with Crippen molar-refractivity contribution in [1.82, 2.24) is 19.8 Å². The molecular weight excluding hydrogens is 256 g/mol. The molecule has 1 aromatic rings. The van der Waals surface area contributed by atoms with Gasteiger partial charge < -0.3 is 14.8 Å². The van der Waals surface area contributed by atoms with Crippen LogP contribution in [0.2, 0.25) is 0 Å². The van der Waals surface area contributed by atoms with Gasteiger partial charge in [0.1, 0.15) is 5.69 Å². The van der Waals surface area contributed by atoms with Crippen molar-refractivity contribution in [3.05, 3.63) is 28.4 Å². The minimum Gasteiger partial charge on any atom is -0.335 e. The van der Waals surface area contributed by atoms with Gasteiger partial charge in [-0.1, -0.05) is 6.42 Å². The summed E-state index contributed by atoms with van der Waals surface area (Å²) in [6.45, 7) is 2.57. The molecule has 0 saturated carbocycles. The Balaban J connectivity index is 1.83. The molecule has 2 aliphatic heterocycles. The first-order valence-corrected chi connectivity index (χ1v) is 7.17. The maximum Gasteiger partial charge on any atom is 0.272 e. The van der Waals surface area contributed by atoms with Crippen LogP contribution in [0.15, 0.2) is 17.2 Å². The number of nitrogens with one attached hydrogen (secondary N) is 1. The zero-order valence-electron chi connectivity index (χ0n) is 11.7. The molecule has 0 aliphatic carbocycles. The van der Waals surface area contributed by atoms with Gasteiger partial charge in [-0.25, -0.2) is 0 Å². The fourth-order valence-corrected chi connectivity index (χ4v) is 3.35. The van der Waals surface area contributed by atoms with E-state index in [9.17, 15) is 9.59 Å². The second kappa shape index (κ2) is 5.36. The molecule has 6 nitrogen and oxygen atoms in total. The lowest BCUT2D eigenvalue weighted by molar-refractivity contribution is 0.0703. The van der Waals surface area contributed by atoms with Gasteiger partial charge in [-0.3, -0.25) is 14.6 Å². The Kier molecular flexibility index (Phi) is 3.56. The summed E-state index contributed by atoms with van der Waals surface area (Å²) in [6.07, 6.45) is 6.18. The lowest BCUT2D eigenvalue weighted by Crippen LogP contribution is -2.42. The summed E-state index contributed by atoms with van der Waals surface area (Å²) in [4.78, 5) is 34.5. The largest absolute Gasteiger partial charge is 0.335 e. The summed E-state index contributed by atoms with van der Waals surface area (Å²) >= 11 is 0. The van der Waals surface area contributed by atoms with Crippen molar-refractivity contribution in [2.24, 2.45) is 5.92 Å². The number of fused-ring (bicyclic) bond motifs is 3. The van der Waals surface area contributed by atoms with E-state index in [-0.39, 0.29) is 11.5 Å². The number of aromatic amines is 1. The molecule has 20 heavy (non-hydrogen) atoms. The van der Waals surface area contributed by atoms with Gasteiger partial charge in [0.25, 0.3) is 11.5 Å². The number of H-pyrrole nitrogens is 1. The molecule has 1 N–H and O–H groups in total. The average Bonchev–Trinajstić information content (AvgIpc) is 2.66. The normalized spacial score (nSPS) is 27.1. The molecule has 6 heteroatoms. The SMILES string of the molecule is CN1C[C@@H]2CCC[C@H]1CN(C(=O)c1cncc(=O)[nH]1)C2. The van der Waals surface area contributed by atoms with Gasteiger partial charge in [0.2, 0.25) is 0 Å². The highest BCUT2D eigenvalue weighted by Crippen LogP contribution is 2.26. The van der Waals surface area contributed by atoms with E-state index < -0.39 is 0 Å². The third kappa shape index (κ3) is 2.60. The van der Waals surface area contributed by atoms with Crippen LogP contribution < -0.4 is 5.56 Å². The predicted molar refractivity (Wildman–Crippen MR) is 74.5 cm³/mol. The molecular formula is C14H20N4O2. The van der Waals surface area contributed by atoms with E-state index in [0.29, 0.717) is 17.7 Å². The molecule has 2 atom stereocenters. The van der Waals surface area contributed by atoms with E-state index >= 15 is 0 Å². The first-order chi connectivity index (χ1) is 9.63. The summed E-state index contributed by atoms with van der Waals surface area (Å²) in [7, 11) is 2.14. The summed E-state index contributed by atoms with van der Waals surface area (Å²) in [5, 5.41) is 0. The fourth-order valence-electron chi connectivity index (χ4n) is 3.35. The van der Waals surface area contributed by atoms with Gasteiger partial charge in [0.05, 0.1) is 12.4 Å².